The third-order valence-corrected chi connectivity index (χ3v) is 7.24. The van der Waals surface area contributed by atoms with Gasteiger partial charge in [0.15, 0.2) is 0 Å². The number of aryl methyl sites for hydroxylation is 1. The SMILES string of the molecule is CCOc1ccc(S(=O)(=O)N(CC)CC(=O)NC(c2ccccc2)c2ccccc2)cc1C. The molecule has 0 fully saturated rings. The Labute approximate surface area is 196 Å². The minimum atomic E-state index is -3.85. The molecule has 3 aromatic rings. The average Bonchev–Trinajstić information content (AvgIpc) is 2.83. The molecule has 0 heterocycles. The number of nitrogens with zero attached hydrogens (tertiary/aromatic N) is 1. The lowest BCUT2D eigenvalue weighted by Crippen LogP contribution is -2.42. The number of carbonyl (C=O) groups is 1. The highest BCUT2D eigenvalue weighted by Gasteiger charge is 2.27. The molecule has 3 rings (SSSR count). The van der Waals surface area contributed by atoms with E-state index in [9.17, 15) is 13.2 Å². The summed E-state index contributed by atoms with van der Waals surface area (Å²) in [6.45, 7) is 5.79. The monoisotopic (exact) mass is 466 g/mol. The summed E-state index contributed by atoms with van der Waals surface area (Å²) in [6.07, 6.45) is 0. The zero-order valence-electron chi connectivity index (χ0n) is 19.2. The van der Waals surface area contributed by atoms with Crippen molar-refractivity contribution in [3.63, 3.8) is 0 Å². The number of amides is 1. The number of likely N-dealkylation sites (N-methyl/N-ethyl adjacent to an activating group) is 1. The highest BCUT2D eigenvalue weighted by atomic mass is 32.2. The fourth-order valence-corrected chi connectivity index (χ4v) is 5.12. The van der Waals surface area contributed by atoms with Crippen LogP contribution in [0.2, 0.25) is 0 Å². The fourth-order valence-electron chi connectivity index (χ4n) is 3.63. The van der Waals surface area contributed by atoms with Crippen LogP contribution < -0.4 is 10.1 Å². The molecule has 0 aliphatic rings. The van der Waals surface area contributed by atoms with Crippen LogP contribution in [0.3, 0.4) is 0 Å². The van der Waals surface area contributed by atoms with Crippen LogP contribution in [0.25, 0.3) is 0 Å². The molecule has 0 aromatic heterocycles. The van der Waals surface area contributed by atoms with E-state index < -0.39 is 10.0 Å². The molecule has 0 aliphatic carbocycles. The lowest BCUT2D eigenvalue weighted by Gasteiger charge is -2.24. The number of nitrogens with one attached hydrogen (secondary N) is 1. The van der Waals surface area contributed by atoms with Crippen LogP contribution in [-0.4, -0.2) is 38.3 Å². The molecule has 0 radical (unpaired) electrons. The minimum absolute atomic E-state index is 0.140. The van der Waals surface area contributed by atoms with Gasteiger partial charge in [-0.15, -0.1) is 0 Å². The number of ether oxygens (including phenoxy) is 1. The Morgan fingerprint density at radius 3 is 2.00 bits per heavy atom. The molecule has 0 unspecified atom stereocenters. The number of hydrogen-bond acceptors (Lipinski definition) is 4. The van der Waals surface area contributed by atoms with Crippen molar-refractivity contribution in [3.8, 4) is 5.75 Å². The molecule has 7 heteroatoms. The summed E-state index contributed by atoms with van der Waals surface area (Å²) in [4.78, 5) is 13.2. The summed E-state index contributed by atoms with van der Waals surface area (Å²) in [5, 5.41) is 3.01. The third kappa shape index (κ3) is 6.00. The van der Waals surface area contributed by atoms with E-state index in [1.165, 1.54) is 10.4 Å². The summed E-state index contributed by atoms with van der Waals surface area (Å²) in [5.41, 5.74) is 2.57. The Hall–Kier alpha value is -3.16. The number of rotatable bonds is 10. The van der Waals surface area contributed by atoms with Gasteiger partial charge in [-0.1, -0.05) is 67.6 Å². The molecule has 1 amide bonds. The largest absolute Gasteiger partial charge is 0.494 e. The van der Waals surface area contributed by atoms with Crippen LogP contribution in [0, 0.1) is 6.92 Å². The second kappa shape index (κ2) is 11.1. The zero-order chi connectivity index (χ0) is 23.8. The molecule has 6 nitrogen and oxygen atoms in total. The molecule has 33 heavy (non-hydrogen) atoms. The van der Waals surface area contributed by atoms with Gasteiger partial charge in [0.05, 0.1) is 24.1 Å². The first kappa shape index (κ1) is 24.5. The molecule has 0 saturated carbocycles. The molecule has 1 N–H and O–H groups in total. The Balaban J connectivity index is 1.81. The first-order valence-corrected chi connectivity index (χ1v) is 12.4. The second-order valence-electron chi connectivity index (χ2n) is 7.61. The highest BCUT2D eigenvalue weighted by Crippen LogP contribution is 2.25. The van der Waals surface area contributed by atoms with Gasteiger partial charge >= 0.3 is 0 Å². The number of hydrogen-bond donors (Lipinski definition) is 1. The van der Waals surface area contributed by atoms with E-state index in [2.05, 4.69) is 5.32 Å². The van der Waals surface area contributed by atoms with Gasteiger partial charge in [0.2, 0.25) is 15.9 Å². The third-order valence-electron chi connectivity index (χ3n) is 5.33. The van der Waals surface area contributed by atoms with Gasteiger partial charge in [-0.2, -0.15) is 4.31 Å². The molecule has 174 valence electrons. The molecular weight excluding hydrogens is 436 g/mol. The van der Waals surface area contributed by atoms with E-state index in [0.29, 0.717) is 12.4 Å². The fraction of sp³-hybridized carbons (Fsp3) is 0.269. The predicted molar refractivity (Wildman–Crippen MR) is 130 cm³/mol. The van der Waals surface area contributed by atoms with E-state index in [1.807, 2.05) is 67.6 Å². The smallest absolute Gasteiger partial charge is 0.243 e. The van der Waals surface area contributed by atoms with Crippen molar-refractivity contribution in [2.24, 2.45) is 0 Å². The Morgan fingerprint density at radius 2 is 1.52 bits per heavy atom. The zero-order valence-corrected chi connectivity index (χ0v) is 20.0. The van der Waals surface area contributed by atoms with Crippen molar-refractivity contribution in [2.45, 2.75) is 31.7 Å². The van der Waals surface area contributed by atoms with Crippen molar-refractivity contribution >= 4 is 15.9 Å². The highest BCUT2D eigenvalue weighted by molar-refractivity contribution is 7.89. The van der Waals surface area contributed by atoms with Gasteiger partial charge in [-0.25, -0.2) is 8.42 Å². The van der Waals surface area contributed by atoms with Gasteiger partial charge < -0.3 is 10.1 Å². The topological polar surface area (TPSA) is 75.7 Å². The second-order valence-corrected chi connectivity index (χ2v) is 9.55. The summed E-state index contributed by atoms with van der Waals surface area (Å²) >= 11 is 0. The van der Waals surface area contributed by atoms with Gasteiger partial charge in [-0.3, -0.25) is 4.79 Å². The van der Waals surface area contributed by atoms with E-state index in [1.54, 1.807) is 26.0 Å². The molecule has 0 atom stereocenters. The molecule has 0 bridgehead atoms. The maximum atomic E-state index is 13.3. The Morgan fingerprint density at radius 1 is 0.939 bits per heavy atom. The van der Waals surface area contributed by atoms with E-state index in [-0.39, 0.29) is 29.9 Å². The lowest BCUT2D eigenvalue weighted by atomic mass is 9.99. The van der Waals surface area contributed by atoms with Gasteiger partial charge in [0, 0.05) is 6.54 Å². The van der Waals surface area contributed by atoms with Gasteiger partial charge in [0.25, 0.3) is 0 Å². The van der Waals surface area contributed by atoms with Crippen molar-refractivity contribution in [1.29, 1.82) is 0 Å². The maximum absolute atomic E-state index is 13.3. The van der Waals surface area contributed by atoms with Crippen LogP contribution >= 0.6 is 0 Å². The maximum Gasteiger partial charge on any atom is 0.243 e. The Kier molecular flexibility index (Phi) is 8.25. The summed E-state index contributed by atoms with van der Waals surface area (Å²) in [7, 11) is -3.85. The van der Waals surface area contributed by atoms with Crippen molar-refractivity contribution in [2.75, 3.05) is 19.7 Å². The van der Waals surface area contributed by atoms with Crippen molar-refractivity contribution in [1.82, 2.24) is 9.62 Å². The van der Waals surface area contributed by atoms with Crippen LogP contribution in [-0.2, 0) is 14.8 Å². The van der Waals surface area contributed by atoms with Crippen LogP contribution in [0.1, 0.15) is 36.6 Å². The quantitative estimate of drug-likeness (QED) is 0.483. The average molecular weight is 467 g/mol. The summed E-state index contributed by atoms with van der Waals surface area (Å²) in [6, 6.07) is 23.6. The normalized spacial score (nSPS) is 11.5. The molecule has 0 saturated heterocycles. The predicted octanol–water partition coefficient (Wildman–Crippen LogP) is 4.31. The Bertz CT molecular complexity index is 1130. The van der Waals surface area contributed by atoms with E-state index in [0.717, 1.165) is 16.7 Å². The van der Waals surface area contributed by atoms with Gasteiger partial charge in [0.1, 0.15) is 5.75 Å². The standard InChI is InChI=1S/C26H30N2O4S/c1-4-28(33(30,31)23-16-17-24(32-5-2)20(3)18-23)19-25(29)27-26(21-12-8-6-9-13-21)22-14-10-7-11-15-22/h6-18,26H,4-5,19H2,1-3H3,(H,27,29). The molecule has 3 aromatic carbocycles. The number of carbonyl (C=O) groups excluding carboxylic acids is 1. The number of benzene rings is 3. The molecule has 0 aliphatic heterocycles. The lowest BCUT2D eigenvalue weighted by molar-refractivity contribution is -0.121. The van der Waals surface area contributed by atoms with Crippen LogP contribution in [0.4, 0.5) is 0 Å². The van der Waals surface area contributed by atoms with Crippen molar-refractivity contribution in [3.05, 3.63) is 95.6 Å². The van der Waals surface area contributed by atoms with E-state index in [4.69, 9.17) is 4.74 Å². The molecule has 0 spiro atoms. The van der Waals surface area contributed by atoms with E-state index >= 15 is 0 Å². The molecular formula is C26H30N2O4S. The summed E-state index contributed by atoms with van der Waals surface area (Å²) < 4.78 is 33.2. The van der Waals surface area contributed by atoms with Gasteiger partial charge in [-0.05, 0) is 48.7 Å². The number of sulfonamides is 1. The van der Waals surface area contributed by atoms with Crippen LogP contribution in [0.15, 0.2) is 83.8 Å². The first-order chi connectivity index (χ1) is 15.9. The van der Waals surface area contributed by atoms with Crippen molar-refractivity contribution < 1.29 is 17.9 Å². The summed E-state index contributed by atoms with van der Waals surface area (Å²) in [5.74, 6) is 0.270. The first-order valence-electron chi connectivity index (χ1n) is 11.0. The minimum Gasteiger partial charge on any atom is -0.494 e. The van der Waals surface area contributed by atoms with Crippen LogP contribution in [0.5, 0.6) is 5.75 Å².